The molecule has 0 radical (unpaired) electrons. The van der Waals surface area contributed by atoms with E-state index in [-0.39, 0.29) is 10.9 Å². The van der Waals surface area contributed by atoms with E-state index in [1.165, 1.54) is 38.5 Å². The molecule has 0 saturated carbocycles. The van der Waals surface area contributed by atoms with Crippen LogP contribution in [-0.2, 0) is 23.6 Å². The van der Waals surface area contributed by atoms with Crippen LogP contribution in [0.4, 0.5) is 0 Å². The Bertz CT molecular complexity index is 497. The molecule has 1 aliphatic rings. The number of unbranched alkanes of at least 4 members (excludes halogenated alkanes) is 9. The van der Waals surface area contributed by atoms with E-state index < -0.39 is 50.1 Å². The van der Waals surface area contributed by atoms with E-state index in [1.807, 2.05) is 6.92 Å². The van der Waals surface area contributed by atoms with Gasteiger partial charge in [-0.25, -0.2) is 0 Å². The Morgan fingerprint density at radius 2 is 1.54 bits per heavy atom. The van der Waals surface area contributed by atoms with Gasteiger partial charge in [0, 0.05) is 0 Å². The van der Waals surface area contributed by atoms with Gasteiger partial charge in [-0.3, -0.25) is 0 Å². The van der Waals surface area contributed by atoms with Crippen LogP contribution in [0, 0.1) is 0 Å². The Labute approximate surface area is 174 Å². The van der Waals surface area contributed by atoms with Gasteiger partial charge in [0.15, 0.2) is 0 Å². The van der Waals surface area contributed by atoms with Gasteiger partial charge < -0.3 is 0 Å². The maximum absolute atomic E-state index is 12.3. The molecule has 0 aliphatic carbocycles. The number of hydrogen-bond acceptors (Lipinski definition) is 7. The summed E-state index contributed by atoms with van der Waals surface area (Å²) < 4.78 is 16.4. The molecule has 28 heavy (non-hydrogen) atoms. The third-order valence-corrected chi connectivity index (χ3v) is 12.0. The zero-order valence-electron chi connectivity index (χ0n) is 17.4. The molecule has 2 unspecified atom stereocenters. The van der Waals surface area contributed by atoms with Crippen LogP contribution in [0.1, 0.15) is 97.3 Å². The van der Waals surface area contributed by atoms with Crippen LogP contribution in [0.15, 0.2) is 0 Å². The van der Waals surface area contributed by atoms with Crippen LogP contribution in [0.25, 0.3) is 0 Å². The molecular weight excluding hydrogens is 471 g/mol. The van der Waals surface area contributed by atoms with E-state index >= 15 is 0 Å². The van der Waals surface area contributed by atoms with Crippen molar-refractivity contribution in [3.8, 4) is 0 Å². The molecule has 0 bridgehead atoms. The summed E-state index contributed by atoms with van der Waals surface area (Å²) in [4.78, 5) is 36.1. The summed E-state index contributed by atoms with van der Waals surface area (Å²) in [5.74, 6) is -2.14. The molecule has 162 valence electrons. The van der Waals surface area contributed by atoms with Crippen molar-refractivity contribution in [1.29, 1.82) is 0 Å². The zero-order valence-corrected chi connectivity index (χ0v) is 20.2. The Hall–Kier alpha value is -0.831. The topological polar surface area (TPSA) is 99.1 Å². The van der Waals surface area contributed by atoms with Gasteiger partial charge in [0.1, 0.15) is 0 Å². The Kier molecular flexibility index (Phi) is 12.8. The number of aliphatic hydroxyl groups is 1. The van der Waals surface area contributed by atoms with Crippen molar-refractivity contribution in [1.82, 2.24) is 0 Å². The first-order valence-electron chi connectivity index (χ1n) is 10.8. The van der Waals surface area contributed by atoms with Crippen molar-refractivity contribution in [3.63, 3.8) is 0 Å². The van der Waals surface area contributed by atoms with Crippen molar-refractivity contribution >= 4 is 37.5 Å². The van der Waals surface area contributed by atoms with Gasteiger partial charge in [0.05, 0.1) is 0 Å². The second-order valence-corrected chi connectivity index (χ2v) is 14.5. The zero-order chi connectivity index (χ0) is 20.8. The first-order valence-corrected chi connectivity index (χ1v) is 16.3. The fourth-order valence-corrected chi connectivity index (χ4v) is 10.3. The van der Waals surface area contributed by atoms with Crippen molar-refractivity contribution < 1.29 is 28.7 Å². The number of carbonyl (C=O) groups is 3. The minimum atomic E-state index is -4.67. The molecule has 0 aromatic rings. The molecule has 1 rings (SSSR count). The van der Waals surface area contributed by atoms with Crippen molar-refractivity contribution in [3.05, 3.63) is 0 Å². The number of hydrogen-bond donors (Lipinski definition) is 1. The average Bonchev–Trinajstić information content (AvgIpc) is 2.74. The number of rotatable bonds is 14. The SMILES string of the molecule is CCCCCCCCCCCC(=O)[O][Sn]1([CH2]CCC)[O]C(=O)CC(O)C(=O)[O]1. The summed E-state index contributed by atoms with van der Waals surface area (Å²) in [7, 11) is 0. The van der Waals surface area contributed by atoms with Gasteiger partial charge in [-0.2, -0.15) is 0 Å². The predicted molar refractivity (Wildman–Crippen MR) is 106 cm³/mol. The van der Waals surface area contributed by atoms with E-state index in [0.29, 0.717) is 12.8 Å². The van der Waals surface area contributed by atoms with Crippen molar-refractivity contribution in [2.45, 2.75) is 108 Å². The van der Waals surface area contributed by atoms with E-state index in [4.69, 9.17) is 9.22 Å². The van der Waals surface area contributed by atoms with Crippen LogP contribution in [-0.4, -0.2) is 48.7 Å². The summed E-state index contributed by atoms with van der Waals surface area (Å²) >= 11 is -4.67. The van der Waals surface area contributed by atoms with Crippen LogP contribution in [0.5, 0.6) is 0 Å². The van der Waals surface area contributed by atoms with Crippen LogP contribution in [0.3, 0.4) is 0 Å². The quantitative estimate of drug-likeness (QED) is 0.280. The average molecular weight is 507 g/mol. The number of aliphatic hydroxyl groups excluding tert-OH is 1. The predicted octanol–water partition coefficient (Wildman–Crippen LogP) is 4.04. The molecule has 0 spiro atoms. The Balaban J connectivity index is 2.41. The molecule has 1 N–H and O–H groups in total. The van der Waals surface area contributed by atoms with Gasteiger partial charge in [-0.05, 0) is 0 Å². The van der Waals surface area contributed by atoms with Gasteiger partial charge in [0.25, 0.3) is 0 Å². The number of carbonyl (C=O) groups excluding carboxylic acids is 3. The second kappa shape index (κ2) is 14.2. The fraction of sp³-hybridized carbons (Fsp3) is 0.850. The Morgan fingerprint density at radius 3 is 2.14 bits per heavy atom. The third kappa shape index (κ3) is 10.1. The molecule has 1 fully saturated rings. The summed E-state index contributed by atoms with van der Waals surface area (Å²) in [5, 5.41) is 9.63. The molecule has 1 saturated heterocycles. The first kappa shape index (κ1) is 25.2. The summed E-state index contributed by atoms with van der Waals surface area (Å²) in [6.07, 6.45) is 9.85. The third-order valence-electron chi connectivity index (χ3n) is 4.75. The van der Waals surface area contributed by atoms with Crippen LogP contribution >= 0.6 is 0 Å². The van der Waals surface area contributed by atoms with Gasteiger partial charge >= 0.3 is 167 Å². The molecular formula is C20H36O7Sn. The molecule has 8 heteroatoms. The minimum absolute atomic E-state index is 0.221. The fourth-order valence-electron chi connectivity index (χ4n) is 3.09. The molecule has 1 heterocycles. The molecule has 0 aromatic carbocycles. The standard InChI is InChI=1S/C12H24O2.C4H6O5.C4H9.Sn/c1-2-3-4-5-6-7-8-9-10-11-12(13)14;5-2(4(8)9)1-3(6)7;1-3-4-2;/h2-11H2,1H3,(H,13,14);2,5H,1H2,(H,6,7)(H,8,9);1,3-4H2,2H3;/q;;;+3/p-3. The van der Waals surface area contributed by atoms with Crippen molar-refractivity contribution in [2.75, 3.05) is 0 Å². The molecule has 0 amide bonds. The van der Waals surface area contributed by atoms with Crippen LogP contribution < -0.4 is 0 Å². The van der Waals surface area contributed by atoms with E-state index in [2.05, 4.69) is 6.92 Å². The van der Waals surface area contributed by atoms with Crippen LogP contribution in [0.2, 0.25) is 4.44 Å². The van der Waals surface area contributed by atoms with Gasteiger partial charge in [-0.1, -0.05) is 6.92 Å². The van der Waals surface area contributed by atoms with E-state index in [1.54, 1.807) is 0 Å². The van der Waals surface area contributed by atoms with Gasteiger partial charge in [-0.15, -0.1) is 0 Å². The molecule has 0 aromatic heterocycles. The molecule has 2 atom stereocenters. The maximum atomic E-state index is 12.3. The normalized spacial score (nSPS) is 22.3. The van der Waals surface area contributed by atoms with Gasteiger partial charge in [0.2, 0.25) is 0 Å². The van der Waals surface area contributed by atoms with E-state index in [9.17, 15) is 19.5 Å². The summed E-state index contributed by atoms with van der Waals surface area (Å²) in [6, 6.07) is 0. The van der Waals surface area contributed by atoms with Crippen molar-refractivity contribution in [2.24, 2.45) is 0 Å². The van der Waals surface area contributed by atoms with E-state index in [0.717, 1.165) is 19.3 Å². The molecule has 1 aliphatic heterocycles. The first-order chi connectivity index (χ1) is 13.4. The Morgan fingerprint density at radius 1 is 0.964 bits per heavy atom. The second-order valence-electron chi connectivity index (χ2n) is 7.45. The monoisotopic (exact) mass is 508 g/mol. The summed E-state index contributed by atoms with van der Waals surface area (Å²) in [5.41, 5.74) is 0. The summed E-state index contributed by atoms with van der Waals surface area (Å²) in [6.45, 7) is 4.15. The molecule has 7 nitrogen and oxygen atoms in total.